The van der Waals surface area contributed by atoms with Crippen molar-refractivity contribution in [3.05, 3.63) is 23.8 Å². The van der Waals surface area contributed by atoms with Crippen molar-refractivity contribution in [2.45, 2.75) is 25.7 Å². The summed E-state index contributed by atoms with van der Waals surface area (Å²) in [6, 6.07) is 5.37. The molecule has 0 atom stereocenters. The summed E-state index contributed by atoms with van der Waals surface area (Å²) in [5.74, 6) is 0.812. The Morgan fingerprint density at radius 1 is 1.04 bits per heavy atom. The molecule has 1 aromatic rings. The van der Waals surface area contributed by atoms with Crippen molar-refractivity contribution in [1.29, 1.82) is 0 Å². The topological polar surface area (TPSA) is 65.1 Å². The smallest absolute Gasteiger partial charge is 0.310 e. The number of ether oxygens (including phenoxy) is 3. The first kappa shape index (κ1) is 15.6. The number of likely N-dealkylation sites (tertiary alicyclic amines) is 1. The molecule has 6 nitrogen and oxygen atoms in total. The zero-order chi connectivity index (χ0) is 16.1. The molecule has 2 heterocycles. The van der Waals surface area contributed by atoms with Gasteiger partial charge in [-0.05, 0) is 37.0 Å². The van der Waals surface area contributed by atoms with Crippen molar-refractivity contribution < 1.29 is 23.8 Å². The first-order valence-corrected chi connectivity index (χ1v) is 8.04. The van der Waals surface area contributed by atoms with E-state index in [0.29, 0.717) is 24.7 Å². The van der Waals surface area contributed by atoms with Gasteiger partial charge < -0.3 is 19.1 Å². The van der Waals surface area contributed by atoms with Crippen molar-refractivity contribution in [2.24, 2.45) is 0 Å². The quantitative estimate of drug-likeness (QED) is 0.788. The summed E-state index contributed by atoms with van der Waals surface area (Å²) in [6.45, 7) is 2.39. The highest BCUT2D eigenvalue weighted by Gasteiger charge is 2.18. The molecule has 0 aliphatic carbocycles. The van der Waals surface area contributed by atoms with Crippen molar-refractivity contribution in [2.75, 3.05) is 32.9 Å². The molecule has 2 aliphatic rings. The van der Waals surface area contributed by atoms with Gasteiger partial charge in [-0.3, -0.25) is 9.59 Å². The fourth-order valence-electron chi connectivity index (χ4n) is 2.79. The highest BCUT2D eigenvalue weighted by Crippen LogP contribution is 2.30. The summed E-state index contributed by atoms with van der Waals surface area (Å²) in [7, 11) is 0. The molecule has 0 bridgehead atoms. The van der Waals surface area contributed by atoms with Crippen LogP contribution in [0.1, 0.15) is 24.8 Å². The molecule has 0 aromatic heterocycles. The Morgan fingerprint density at radius 2 is 1.78 bits per heavy atom. The van der Waals surface area contributed by atoms with Crippen LogP contribution in [0.5, 0.6) is 11.5 Å². The van der Waals surface area contributed by atoms with E-state index < -0.39 is 5.97 Å². The summed E-state index contributed by atoms with van der Waals surface area (Å²) < 4.78 is 16.0. The Hall–Kier alpha value is -2.24. The van der Waals surface area contributed by atoms with Gasteiger partial charge in [0.25, 0.3) is 5.91 Å². The highest BCUT2D eigenvalue weighted by molar-refractivity contribution is 5.81. The normalized spacial score (nSPS) is 16.8. The summed E-state index contributed by atoms with van der Waals surface area (Å²) in [5.41, 5.74) is 0.782. The SMILES string of the molecule is O=C(Cc1ccc2c(c1)OCCO2)OCC(=O)N1CCCCC1. The molecular formula is C17H21NO5. The molecular weight excluding hydrogens is 298 g/mol. The fourth-order valence-corrected chi connectivity index (χ4v) is 2.79. The maximum atomic E-state index is 12.0. The van der Waals surface area contributed by atoms with E-state index in [1.807, 2.05) is 0 Å². The predicted molar refractivity (Wildman–Crippen MR) is 82.5 cm³/mol. The second-order valence-corrected chi connectivity index (χ2v) is 5.76. The lowest BCUT2D eigenvalue weighted by molar-refractivity contribution is -0.151. The number of hydrogen-bond donors (Lipinski definition) is 0. The van der Waals surface area contributed by atoms with Gasteiger partial charge in [0.05, 0.1) is 6.42 Å². The van der Waals surface area contributed by atoms with Crippen LogP contribution < -0.4 is 9.47 Å². The molecule has 0 unspecified atom stereocenters. The number of esters is 1. The van der Waals surface area contributed by atoms with Crippen LogP contribution >= 0.6 is 0 Å². The minimum absolute atomic E-state index is 0.111. The third-order valence-corrected chi connectivity index (χ3v) is 4.02. The zero-order valence-corrected chi connectivity index (χ0v) is 13.1. The van der Waals surface area contributed by atoms with Gasteiger partial charge in [0.15, 0.2) is 18.1 Å². The molecule has 2 aliphatic heterocycles. The monoisotopic (exact) mass is 319 g/mol. The number of carbonyl (C=O) groups is 2. The van der Waals surface area contributed by atoms with Gasteiger partial charge >= 0.3 is 5.97 Å². The number of fused-ring (bicyclic) bond motifs is 1. The number of benzene rings is 1. The Bertz CT molecular complexity index is 580. The average molecular weight is 319 g/mol. The van der Waals surface area contributed by atoms with Crippen molar-refractivity contribution >= 4 is 11.9 Å². The first-order valence-electron chi connectivity index (χ1n) is 8.04. The Balaban J connectivity index is 1.48. The van der Waals surface area contributed by atoms with Crippen LogP contribution in [-0.4, -0.2) is 49.7 Å². The Morgan fingerprint density at radius 3 is 2.57 bits per heavy atom. The van der Waals surface area contributed by atoms with E-state index in [4.69, 9.17) is 14.2 Å². The largest absolute Gasteiger partial charge is 0.486 e. The minimum atomic E-state index is -0.410. The van der Waals surface area contributed by atoms with Gasteiger partial charge in [0, 0.05) is 13.1 Å². The molecule has 0 saturated carbocycles. The Labute approximate surface area is 135 Å². The van der Waals surface area contributed by atoms with Gasteiger partial charge in [-0.1, -0.05) is 6.07 Å². The van der Waals surface area contributed by atoms with Gasteiger partial charge in [0.1, 0.15) is 13.2 Å². The molecule has 3 rings (SSSR count). The standard InChI is InChI=1S/C17H21NO5/c19-16(18-6-2-1-3-7-18)12-23-17(20)11-13-4-5-14-15(10-13)22-9-8-21-14/h4-5,10H,1-3,6-9,11-12H2. The molecule has 6 heteroatoms. The molecule has 0 N–H and O–H groups in total. The van der Waals surface area contributed by atoms with Crippen LogP contribution in [0, 0.1) is 0 Å². The third-order valence-electron chi connectivity index (χ3n) is 4.02. The molecule has 1 amide bonds. The van der Waals surface area contributed by atoms with Crippen molar-refractivity contribution in [3.8, 4) is 11.5 Å². The van der Waals surface area contributed by atoms with Crippen LogP contribution in [0.2, 0.25) is 0 Å². The van der Waals surface area contributed by atoms with E-state index in [2.05, 4.69) is 0 Å². The lowest BCUT2D eigenvalue weighted by Gasteiger charge is -2.26. The average Bonchev–Trinajstić information content (AvgIpc) is 2.60. The maximum absolute atomic E-state index is 12.0. The number of nitrogens with zero attached hydrogens (tertiary/aromatic N) is 1. The van der Waals surface area contributed by atoms with E-state index in [9.17, 15) is 9.59 Å². The maximum Gasteiger partial charge on any atom is 0.310 e. The number of rotatable bonds is 4. The van der Waals surface area contributed by atoms with Gasteiger partial charge in [0.2, 0.25) is 0 Å². The summed E-state index contributed by atoms with van der Waals surface area (Å²) in [5, 5.41) is 0. The second-order valence-electron chi connectivity index (χ2n) is 5.76. The summed E-state index contributed by atoms with van der Waals surface area (Å²) >= 11 is 0. The van der Waals surface area contributed by atoms with E-state index in [1.165, 1.54) is 0 Å². The lowest BCUT2D eigenvalue weighted by Crippen LogP contribution is -2.38. The molecule has 1 fully saturated rings. The van der Waals surface area contributed by atoms with E-state index >= 15 is 0 Å². The number of hydrogen-bond acceptors (Lipinski definition) is 5. The van der Waals surface area contributed by atoms with Crippen LogP contribution in [-0.2, 0) is 20.7 Å². The molecule has 1 aromatic carbocycles. The summed E-state index contributed by atoms with van der Waals surface area (Å²) in [4.78, 5) is 25.6. The fraction of sp³-hybridized carbons (Fsp3) is 0.529. The van der Waals surface area contributed by atoms with E-state index in [1.54, 1.807) is 23.1 Å². The third kappa shape index (κ3) is 4.15. The molecule has 0 radical (unpaired) electrons. The second kappa shape index (κ2) is 7.35. The first-order chi connectivity index (χ1) is 11.2. The number of carbonyl (C=O) groups excluding carboxylic acids is 2. The molecule has 124 valence electrons. The van der Waals surface area contributed by atoms with Crippen LogP contribution in [0.4, 0.5) is 0 Å². The van der Waals surface area contributed by atoms with Crippen LogP contribution in [0.15, 0.2) is 18.2 Å². The van der Waals surface area contributed by atoms with E-state index in [0.717, 1.165) is 37.9 Å². The van der Waals surface area contributed by atoms with Gasteiger partial charge in [-0.25, -0.2) is 0 Å². The lowest BCUT2D eigenvalue weighted by atomic mass is 10.1. The highest BCUT2D eigenvalue weighted by atomic mass is 16.6. The summed E-state index contributed by atoms with van der Waals surface area (Å²) in [6.07, 6.45) is 3.32. The zero-order valence-electron chi connectivity index (χ0n) is 13.1. The Kier molecular flexibility index (Phi) is 5.00. The van der Waals surface area contributed by atoms with Gasteiger partial charge in [-0.15, -0.1) is 0 Å². The molecule has 23 heavy (non-hydrogen) atoms. The minimum Gasteiger partial charge on any atom is -0.486 e. The van der Waals surface area contributed by atoms with E-state index in [-0.39, 0.29) is 18.9 Å². The number of amides is 1. The molecule has 1 saturated heterocycles. The van der Waals surface area contributed by atoms with Crippen molar-refractivity contribution in [3.63, 3.8) is 0 Å². The van der Waals surface area contributed by atoms with Crippen molar-refractivity contribution in [1.82, 2.24) is 4.90 Å². The van der Waals surface area contributed by atoms with Crippen LogP contribution in [0.25, 0.3) is 0 Å². The predicted octanol–water partition coefficient (Wildman–Crippen LogP) is 1.56. The van der Waals surface area contributed by atoms with Crippen LogP contribution in [0.3, 0.4) is 0 Å². The van der Waals surface area contributed by atoms with Gasteiger partial charge in [-0.2, -0.15) is 0 Å². The molecule has 0 spiro atoms. The number of piperidine rings is 1.